The largest absolute Gasteiger partial charge is 0.449 e. The van der Waals surface area contributed by atoms with Gasteiger partial charge in [-0.05, 0) is 35.8 Å². The molecule has 0 bridgehead atoms. The molecule has 7 heteroatoms. The van der Waals surface area contributed by atoms with Crippen molar-refractivity contribution in [1.82, 2.24) is 14.1 Å². The van der Waals surface area contributed by atoms with E-state index in [1.54, 1.807) is 13.0 Å². The fraction of sp³-hybridized carbons (Fsp3) is 0.364. The van der Waals surface area contributed by atoms with E-state index in [1.807, 2.05) is 6.92 Å². The van der Waals surface area contributed by atoms with Gasteiger partial charge in [0.25, 0.3) is 0 Å². The third-order valence-corrected chi connectivity index (χ3v) is 2.94. The first kappa shape index (κ1) is 12.8. The molecule has 0 amide bonds. The molecule has 0 aromatic carbocycles. The summed E-state index contributed by atoms with van der Waals surface area (Å²) in [6, 6.07) is 1.75. The minimum Gasteiger partial charge on any atom is -0.449 e. The summed E-state index contributed by atoms with van der Waals surface area (Å²) < 4.78 is 8.04. The minimum atomic E-state index is -0.700. The Balaban J connectivity index is 2.77. The van der Waals surface area contributed by atoms with Crippen molar-refractivity contribution in [2.45, 2.75) is 20.4 Å². The van der Waals surface area contributed by atoms with Gasteiger partial charge < -0.3 is 4.74 Å². The smallest absolute Gasteiger partial charge is 0.424 e. The zero-order valence-electron chi connectivity index (χ0n) is 10.0. The molecule has 18 heavy (non-hydrogen) atoms. The standard InChI is InChI=1S/C11H12BrN3O3/c1-3-14-8-5-7(12)6-13-9(8)15(10(14)16)11(17)18-4-2/h5-6H,3-4H2,1-2H3. The predicted molar refractivity (Wildman–Crippen MR) is 69.8 cm³/mol. The lowest BCUT2D eigenvalue weighted by atomic mass is 10.4. The first-order chi connectivity index (χ1) is 8.60. The minimum absolute atomic E-state index is 0.209. The fourth-order valence-corrected chi connectivity index (χ4v) is 2.08. The maximum Gasteiger partial charge on any atom is 0.424 e. The summed E-state index contributed by atoms with van der Waals surface area (Å²) >= 11 is 3.29. The van der Waals surface area contributed by atoms with Gasteiger partial charge in [0.05, 0.1) is 12.1 Å². The number of halogens is 1. The number of carbonyl (C=O) groups excluding carboxylic acids is 1. The number of hydrogen-bond donors (Lipinski definition) is 0. The van der Waals surface area contributed by atoms with Gasteiger partial charge in [0.2, 0.25) is 0 Å². The maximum absolute atomic E-state index is 12.1. The molecule has 0 fully saturated rings. The van der Waals surface area contributed by atoms with Gasteiger partial charge in [0, 0.05) is 17.2 Å². The molecule has 2 heterocycles. The van der Waals surface area contributed by atoms with Gasteiger partial charge in [-0.3, -0.25) is 4.57 Å². The number of fused-ring (bicyclic) bond motifs is 1. The number of aromatic nitrogens is 3. The average Bonchev–Trinajstić information content (AvgIpc) is 2.60. The molecule has 0 saturated heterocycles. The highest BCUT2D eigenvalue weighted by Gasteiger charge is 2.19. The summed E-state index contributed by atoms with van der Waals surface area (Å²) in [5.41, 5.74) is 0.477. The summed E-state index contributed by atoms with van der Waals surface area (Å²) in [5, 5.41) is 0. The van der Waals surface area contributed by atoms with Crippen LogP contribution in [-0.2, 0) is 11.3 Å². The van der Waals surface area contributed by atoms with Gasteiger partial charge in [-0.25, -0.2) is 14.6 Å². The highest BCUT2D eigenvalue weighted by atomic mass is 79.9. The van der Waals surface area contributed by atoms with E-state index in [2.05, 4.69) is 20.9 Å². The number of rotatable bonds is 2. The van der Waals surface area contributed by atoms with Crippen LogP contribution in [0, 0.1) is 0 Å². The number of ether oxygens (including phenoxy) is 1. The molecular formula is C11H12BrN3O3. The molecule has 0 unspecified atom stereocenters. The second-order valence-corrected chi connectivity index (χ2v) is 4.47. The average molecular weight is 314 g/mol. The third kappa shape index (κ3) is 1.94. The number of hydrogen-bond acceptors (Lipinski definition) is 4. The molecule has 0 saturated carbocycles. The monoisotopic (exact) mass is 313 g/mol. The van der Waals surface area contributed by atoms with Crippen molar-refractivity contribution in [2.75, 3.05) is 6.61 Å². The van der Waals surface area contributed by atoms with Crippen molar-refractivity contribution in [2.24, 2.45) is 0 Å². The van der Waals surface area contributed by atoms with Crippen molar-refractivity contribution in [3.05, 3.63) is 27.2 Å². The molecule has 0 N–H and O–H groups in total. The van der Waals surface area contributed by atoms with E-state index in [4.69, 9.17) is 4.74 Å². The van der Waals surface area contributed by atoms with Crippen molar-refractivity contribution in [3.63, 3.8) is 0 Å². The van der Waals surface area contributed by atoms with Crippen LogP contribution in [0.3, 0.4) is 0 Å². The summed E-state index contributed by atoms with van der Waals surface area (Å²) in [4.78, 5) is 28.0. The predicted octanol–water partition coefficient (Wildman–Crippen LogP) is 1.98. The Morgan fingerprint density at radius 2 is 2.22 bits per heavy atom. The van der Waals surface area contributed by atoms with Crippen LogP contribution in [0.2, 0.25) is 0 Å². The van der Waals surface area contributed by atoms with E-state index in [1.165, 1.54) is 10.8 Å². The lowest BCUT2D eigenvalue weighted by Crippen LogP contribution is -2.29. The Bertz CT molecular complexity index is 659. The van der Waals surface area contributed by atoms with Crippen LogP contribution in [0.15, 0.2) is 21.5 Å². The van der Waals surface area contributed by atoms with Crippen LogP contribution >= 0.6 is 15.9 Å². The normalized spacial score (nSPS) is 10.8. The molecular weight excluding hydrogens is 302 g/mol. The van der Waals surface area contributed by atoms with Crippen LogP contribution in [0.4, 0.5) is 4.79 Å². The molecule has 0 radical (unpaired) electrons. The van der Waals surface area contributed by atoms with Crippen molar-refractivity contribution in [1.29, 1.82) is 0 Å². The topological polar surface area (TPSA) is 66.1 Å². The summed E-state index contributed by atoms with van der Waals surface area (Å²) in [5.74, 6) is 0. The molecule has 6 nitrogen and oxygen atoms in total. The zero-order valence-corrected chi connectivity index (χ0v) is 11.6. The van der Waals surface area contributed by atoms with E-state index < -0.39 is 11.8 Å². The van der Waals surface area contributed by atoms with Crippen molar-refractivity contribution >= 4 is 33.2 Å². The highest BCUT2D eigenvalue weighted by molar-refractivity contribution is 9.10. The van der Waals surface area contributed by atoms with Crippen molar-refractivity contribution < 1.29 is 9.53 Å². The Morgan fingerprint density at radius 3 is 2.83 bits per heavy atom. The molecule has 2 aromatic heterocycles. The maximum atomic E-state index is 12.1. The highest BCUT2D eigenvalue weighted by Crippen LogP contribution is 2.16. The molecule has 0 spiro atoms. The second-order valence-electron chi connectivity index (χ2n) is 3.56. The zero-order chi connectivity index (χ0) is 13.3. The molecule has 0 aliphatic heterocycles. The quantitative estimate of drug-likeness (QED) is 0.850. The van der Waals surface area contributed by atoms with Gasteiger partial charge >= 0.3 is 11.8 Å². The van der Waals surface area contributed by atoms with Crippen LogP contribution < -0.4 is 5.69 Å². The summed E-state index contributed by atoms with van der Waals surface area (Å²) in [7, 11) is 0. The lowest BCUT2D eigenvalue weighted by molar-refractivity contribution is 0.153. The van der Waals surface area contributed by atoms with Gasteiger partial charge in [-0.15, -0.1) is 0 Å². The van der Waals surface area contributed by atoms with Gasteiger partial charge in [0.1, 0.15) is 0 Å². The molecule has 2 aromatic rings. The fourth-order valence-electron chi connectivity index (χ4n) is 1.76. The number of carbonyl (C=O) groups is 1. The number of aryl methyl sites for hydroxylation is 1. The van der Waals surface area contributed by atoms with Gasteiger partial charge in [-0.2, -0.15) is 4.57 Å². The molecule has 96 valence electrons. The van der Waals surface area contributed by atoms with Crippen molar-refractivity contribution in [3.8, 4) is 0 Å². The number of imidazole rings is 1. The summed E-state index contributed by atoms with van der Waals surface area (Å²) in [6.45, 7) is 4.18. The molecule has 0 atom stereocenters. The van der Waals surface area contributed by atoms with Crippen LogP contribution in [0.5, 0.6) is 0 Å². The van der Waals surface area contributed by atoms with Crippen LogP contribution in [-0.4, -0.2) is 26.8 Å². The first-order valence-corrected chi connectivity index (χ1v) is 6.33. The van der Waals surface area contributed by atoms with Crippen LogP contribution in [0.1, 0.15) is 13.8 Å². The van der Waals surface area contributed by atoms with E-state index in [0.29, 0.717) is 17.7 Å². The van der Waals surface area contributed by atoms with E-state index in [9.17, 15) is 9.59 Å². The lowest BCUT2D eigenvalue weighted by Gasteiger charge is -2.00. The third-order valence-electron chi connectivity index (χ3n) is 2.51. The van der Waals surface area contributed by atoms with E-state index in [-0.39, 0.29) is 6.61 Å². The van der Waals surface area contributed by atoms with Gasteiger partial charge in [0.15, 0.2) is 5.65 Å². The van der Waals surface area contributed by atoms with E-state index in [0.717, 1.165) is 9.04 Å². The first-order valence-electron chi connectivity index (χ1n) is 5.54. The Kier molecular flexibility index (Phi) is 3.51. The Morgan fingerprint density at radius 1 is 1.50 bits per heavy atom. The number of pyridine rings is 1. The Hall–Kier alpha value is -1.63. The SMILES string of the molecule is CCOC(=O)n1c(=O)n(CC)c2cc(Br)cnc21. The van der Waals surface area contributed by atoms with Crippen LogP contribution in [0.25, 0.3) is 11.2 Å². The molecule has 0 aliphatic rings. The number of nitrogens with zero attached hydrogens (tertiary/aromatic N) is 3. The van der Waals surface area contributed by atoms with Gasteiger partial charge in [-0.1, -0.05) is 0 Å². The Labute approximate surface area is 111 Å². The van der Waals surface area contributed by atoms with E-state index >= 15 is 0 Å². The second kappa shape index (κ2) is 4.93. The summed E-state index contributed by atoms with van der Waals surface area (Å²) in [6.07, 6.45) is 0.840. The molecule has 0 aliphatic carbocycles. The molecule has 2 rings (SSSR count).